The molecule has 4 nitrogen and oxygen atoms in total. The molecule has 0 saturated carbocycles. The predicted octanol–water partition coefficient (Wildman–Crippen LogP) is 5.40. The number of halogens is 1. The molecule has 1 N–H and O–H groups in total. The van der Waals surface area contributed by atoms with E-state index in [4.69, 9.17) is 16.3 Å². The third-order valence-corrected chi connectivity index (χ3v) is 5.28. The highest BCUT2D eigenvalue weighted by Crippen LogP contribution is 2.24. The summed E-state index contributed by atoms with van der Waals surface area (Å²) in [5.41, 5.74) is 5.02. The molecule has 0 saturated heterocycles. The maximum absolute atomic E-state index is 12.2. The van der Waals surface area contributed by atoms with Crippen LogP contribution in [0, 0.1) is 0 Å². The number of methoxy groups -OCH3 is 1. The van der Waals surface area contributed by atoms with Gasteiger partial charge in [-0.2, -0.15) is 5.10 Å². The molecule has 0 aromatic heterocycles. The highest BCUT2D eigenvalue weighted by Gasteiger charge is 2.05. The lowest BCUT2D eigenvalue weighted by Crippen LogP contribution is -2.17. The molecular weight excluding hydrogens is 392 g/mol. The fourth-order valence-electron chi connectivity index (χ4n) is 2.45. The Balaban J connectivity index is 1.54. The van der Waals surface area contributed by atoms with Crippen molar-refractivity contribution in [3.05, 3.63) is 94.5 Å². The van der Waals surface area contributed by atoms with Crippen molar-refractivity contribution < 1.29 is 9.53 Å². The fraction of sp³-hybridized carbons (Fsp3) is 0.0909. The topological polar surface area (TPSA) is 50.7 Å². The second-order valence-corrected chi connectivity index (χ2v) is 7.37. The molecule has 0 heterocycles. The second-order valence-electron chi connectivity index (χ2n) is 5.88. The van der Waals surface area contributed by atoms with E-state index in [1.165, 1.54) is 0 Å². The maximum Gasteiger partial charge on any atom is 0.271 e. The molecule has 0 atom stereocenters. The van der Waals surface area contributed by atoms with Crippen LogP contribution in [0.15, 0.2) is 82.8 Å². The Labute approximate surface area is 173 Å². The van der Waals surface area contributed by atoms with Crippen LogP contribution < -0.4 is 10.2 Å². The van der Waals surface area contributed by atoms with Crippen molar-refractivity contribution in [2.75, 3.05) is 7.11 Å². The number of thioether (sulfide) groups is 1. The number of hydrazone groups is 1. The van der Waals surface area contributed by atoms with Gasteiger partial charge in [0.15, 0.2) is 0 Å². The van der Waals surface area contributed by atoms with Crippen LogP contribution in [0.2, 0.25) is 5.02 Å². The van der Waals surface area contributed by atoms with Gasteiger partial charge in [0.25, 0.3) is 5.91 Å². The van der Waals surface area contributed by atoms with E-state index in [-0.39, 0.29) is 5.91 Å². The van der Waals surface area contributed by atoms with Gasteiger partial charge < -0.3 is 4.74 Å². The van der Waals surface area contributed by atoms with Crippen LogP contribution >= 0.6 is 23.4 Å². The molecule has 6 heteroatoms. The summed E-state index contributed by atoms with van der Waals surface area (Å²) in [5, 5.41) is 4.74. The van der Waals surface area contributed by atoms with Crippen LogP contribution in [-0.4, -0.2) is 19.2 Å². The minimum atomic E-state index is -0.261. The third kappa shape index (κ3) is 5.62. The zero-order valence-corrected chi connectivity index (χ0v) is 16.8. The van der Waals surface area contributed by atoms with Gasteiger partial charge in [0.1, 0.15) is 5.75 Å². The van der Waals surface area contributed by atoms with Gasteiger partial charge >= 0.3 is 0 Å². The van der Waals surface area contributed by atoms with Crippen LogP contribution in [0.3, 0.4) is 0 Å². The van der Waals surface area contributed by atoms with Gasteiger partial charge in [-0.05, 0) is 54.1 Å². The Kier molecular flexibility index (Phi) is 7.12. The van der Waals surface area contributed by atoms with Crippen LogP contribution in [0.25, 0.3) is 0 Å². The van der Waals surface area contributed by atoms with E-state index in [0.29, 0.717) is 11.3 Å². The number of ether oxygens (including phenoxy) is 1. The van der Waals surface area contributed by atoms with Crippen molar-refractivity contribution in [3.8, 4) is 5.75 Å². The van der Waals surface area contributed by atoms with Crippen LogP contribution in [0.4, 0.5) is 0 Å². The summed E-state index contributed by atoms with van der Waals surface area (Å²) < 4.78 is 5.25. The Hall–Kier alpha value is -2.76. The molecule has 0 bridgehead atoms. The lowest BCUT2D eigenvalue weighted by atomic mass is 10.1. The van der Waals surface area contributed by atoms with Crippen LogP contribution in [-0.2, 0) is 5.75 Å². The molecule has 0 radical (unpaired) electrons. The third-order valence-electron chi connectivity index (χ3n) is 3.94. The molecule has 0 spiro atoms. The van der Waals surface area contributed by atoms with E-state index in [1.54, 1.807) is 37.2 Å². The average molecular weight is 411 g/mol. The van der Waals surface area contributed by atoms with Crippen molar-refractivity contribution >= 4 is 35.5 Å². The van der Waals surface area contributed by atoms with E-state index >= 15 is 0 Å². The largest absolute Gasteiger partial charge is 0.496 e. The number of carbonyl (C=O) groups is 1. The Bertz CT molecular complexity index is 957. The molecule has 0 unspecified atom stereocenters. The summed E-state index contributed by atoms with van der Waals surface area (Å²) in [6.45, 7) is 0. The van der Waals surface area contributed by atoms with E-state index in [1.807, 2.05) is 60.7 Å². The number of nitrogens with zero attached hydrogens (tertiary/aromatic N) is 1. The molecule has 28 heavy (non-hydrogen) atoms. The first-order valence-corrected chi connectivity index (χ1v) is 9.96. The minimum absolute atomic E-state index is 0.261. The first-order chi connectivity index (χ1) is 13.7. The van der Waals surface area contributed by atoms with Gasteiger partial charge in [-0.15, -0.1) is 11.8 Å². The molecule has 3 rings (SSSR count). The van der Waals surface area contributed by atoms with E-state index in [0.717, 1.165) is 26.8 Å². The van der Waals surface area contributed by atoms with Crippen LogP contribution in [0.5, 0.6) is 5.75 Å². The Morgan fingerprint density at radius 1 is 1.07 bits per heavy atom. The predicted molar refractivity (Wildman–Crippen MR) is 116 cm³/mol. The van der Waals surface area contributed by atoms with Gasteiger partial charge in [-0.25, -0.2) is 5.43 Å². The van der Waals surface area contributed by atoms with Crippen molar-refractivity contribution in [1.29, 1.82) is 0 Å². The quantitative estimate of drug-likeness (QED) is 0.322. The number of hydrogen-bond acceptors (Lipinski definition) is 4. The molecule has 0 fully saturated rings. The SMILES string of the molecule is COc1ccccc1/C=N\NC(=O)c1ccc(CSc2ccc(Cl)cc2)cc1. The number of benzene rings is 3. The highest BCUT2D eigenvalue weighted by atomic mass is 35.5. The number of carbonyl (C=O) groups excluding carboxylic acids is 1. The number of hydrogen-bond donors (Lipinski definition) is 1. The molecule has 142 valence electrons. The molecule has 3 aromatic rings. The number of amides is 1. The lowest BCUT2D eigenvalue weighted by Gasteiger charge is -2.05. The van der Waals surface area contributed by atoms with Gasteiger partial charge in [0.2, 0.25) is 0 Å². The van der Waals surface area contributed by atoms with Crippen molar-refractivity contribution in [2.45, 2.75) is 10.6 Å². The normalized spacial score (nSPS) is 10.8. The van der Waals surface area contributed by atoms with Crippen molar-refractivity contribution in [2.24, 2.45) is 5.10 Å². The highest BCUT2D eigenvalue weighted by molar-refractivity contribution is 7.98. The van der Waals surface area contributed by atoms with Gasteiger partial charge in [0.05, 0.1) is 13.3 Å². The summed E-state index contributed by atoms with van der Waals surface area (Å²) in [5.74, 6) is 1.25. The molecular formula is C22H19ClN2O2S. The maximum atomic E-state index is 12.2. The number of para-hydroxylation sites is 1. The zero-order valence-electron chi connectivity index (χ0n) is 15.3. The lowest BCUT2D eigenvalue weighted by molar-refractivity contribution is 0.0955. The summed E-state index contributed by atoms with van der Waals surface area (Å²) in [6.07, 6.45) is 1.56. The summed E-state index contributed by atoms with van der Waals surface area (Å²) in [7, 11) is 1.60. The van der Waals surface area contributed by atoms with Crippen molar-refractivity contribution in [1.82, 2.24) is 5.43 Å². The second kappa shape index (κ2) is 9.97. The Morgan fingerprint density at radius 3 is 2.50 bits per heavy atom. The summed E-state index contributed by atoms with van der Waals surface area (Å²) in [6, 6.07) is 22.7. The molecule has 0 aliphatic rings. The molecule has 1 amide bonds. The van der Waals surface area contributed by atoms with E-state index in [2.05, 4.69) is 10.5 Å². The molecule has 0 aliphatic carbocycles. The molecule has 0 aliphatic heterocycles. The summed E-state index contributed by atoms with van der Waals surface area (Å²) >= 11 is 7.62. The van der Waals surface area contributed by atoms with Gasteiger partial charge in [0, 0.05) is 26.8 Å². The zero-order chi connectivity index (χ0) is 19.8. The standard InChI is InChI=1S/C22H19ClN2O2S/c1-27-21-5-3-2-4-18(21)14-24-25-22(26)17-8-6-16(7-9-17)15-28-20-12-10-19(23)11-13-20/h2-14H,15H2,1H3,(H,25,26)/b24-14-. The number of rotatable bonds is 7. The van der Waals surface area contributed by atoms with E-state index in [9.17, 15) is 4.79 Å². The smallest absolute Gasteiger partial charge is 0.271 e. The summed E-state index contributed by atoms with van der Waals surface area (Å²) in [4.78, 5) is 13.4. The first kappa shape index (κ1) is 20.0. The molecule has 3 aromatic carbocycles. The van der Waals surface area contributed by atoms with Gasteiger partial charge in [-0.3, -0.25) is 4.79 Å². The van der Waals surface area contributed by atoms with E-state index < -0.39 is 0 Å². The minimum Gasteiger partial charge on any atom is -0.496 e. The Morgan fingerprint density at radius 2 is 1.79 bits per heavy atom. The number of nitrogens with one attached hydrogen (secondary N) is 1. The first-order valence-electron chi connectivity index (χ1n) is 8.59. The van der Waals surface area contributed by atoms with Crippen LogP contribution in [0.1, 0.15) is 21.5 Å². The average Bonchev–Trinajstić information content (AvgIpc) is 2.74. The van der Waals surface area contributed by atoms with Crippen molar-refractivity contribution in [3.63, 3.8) is 0 Å². The monoisotopic (exact) mass is 410 g/mol. The van der Waals surface area contributed by atoms with Gasteiger partial charge in [-0.1, -0.05) is 35.9 Å². The fourth-order valence-corrected chi connectivity index (χ4v) is 3.43.